The highest BCUT2D eigenvalue weighted by Gasteiger charge is 2.39. The van der Waals surface area contributed by atoms with E-state index in [-0.39, 0.29) is 11.8 Å². The standard InChI is InChI=1S/C14H16N2O3S/c17-13(16-8-20-7-12(16)14(18)19)10-5-6-15-11-4-2-1-3-9(10)11/h1-4,10,12,15H,5-8H2,(H,18,19)/t10?,12-/m0/s1. The molecule has 0 aromatic heterocycles. The number of thioether (sulfide) groups is 1. The highest BCUT2D eigenvalue weighted by atomic mass is 32.2. The molecule has 5 nitrogen and oxygen atoms in total. The van der Waals surface area contributed by atoms with Crippen molar-refractivity contribution in [2.75, 3.05) is 23.5 Å². The summed E-state index contributed by atoms with van der Waals surface area (Å²) >= 11 is 1.50. The van der Waals surface area contributed by atoms with Crippen LogP contribution >= 0.6 is 11.8 Å². The topological polar surface area (TPSA) is 69.6 Å². The van der Waals surface area contributed by atoms with Gasteiger partial charge in [0.2, 0.25) is 5.91 Å². The molecule has 2 aliphatic rings. The van der Waals surface area contributed by atoms with Crippen molar-refractivity contribution >= 4 is 29.3 Å². The van der Waals surface area contributed by atoms with E-state index in [2.05, 4.69) is 5.32 Å². The summed E-state index contributed by atoms with van der Waals surface area (Å²) in [6.07, 6.45) is 0.712. The van der Waals surface area contributed by atoms with Crippen molar-refractivity contribution in [3.63, 3.8) is 0 Å². The number of para-hydroxylation sites is 1. The number of carbonyl (C=O) groups is 2. The number of nitrogens with zero attached hydrogens (tertiary/aromatic N) is 1. The predicted octanol–water partition coefficient (Wildman–Crippen LogP) is 1.57. The Labute approximate surface area is 121 Å². The number of carboxylic acid groups (broad SMARTS) is 1. The molecule has 1 saturated heterocycles. The largest absolute Gasteiger partial charge is 0.480 e. The quantitative estimate of drug-likeness (QED) is 0.866. The van der Waals surface area contributed by atoms with Gasteiger partial charge in [0, 0.05) is 18.0 Å². The van der Waals surface area contributed by atoms with Gasteiger partial charge in [-0.2, -0.15) is 0 Å². The molecule has 20 heavy (non-hydrogen) atoms. The summed E-state index contributed by atoms with van der Waals surface area (Å²) in [4.78, 5) is 25.4. The Kier molecular flexibility index (Phi) is 3.56. The number of fused-ring (bicyclic) bond motifs is 1. The molecule has 6 heteroatoms. The molecule has 0 bridgehead atoms. The molecule has 2 aliphatic heterocycles. The van der Waals surface area contributed by atoms with Crippen LogP contribution < -0.4 is 5.32 Å². The molecular formula is C14H16N2O3S. The monoisotopic (exact) mass is 292 g/mol. The molecule has 0 spiro atoms. The highest BCUT2D eigenvalue weighted by molar-refractivity contribution is 7.99. The molecule has 1 aromatic rings. The molecule has 0 radical (unpaired) electrons. The van der Waals surface area contributed by atoms with Gasteiger partial charge < -0.3 is 15.3 Å². The number of benzene rings is 1. The van der Waals surface area contributed by atoms with E-state index in [0.29, 0.717) is 18.1 Å². The van der Waals surface area contributed by atoms with Crippen LogP contribution in [0.1, 0.15) is 17.9 Å². The van der Waals surface area contributed by atoms with E-state index in [1.54, 1.807) is 0 Å². The van der Waals surface area contributed by atoms with Crippen LogP contribution in [-0.2, 0) is 9.59 Å². The van der Waals surface area contributed by atoms with E-state index in [1.165, 1.54) is 16.7 Å². The van der Waals surface area contributed by atoms with Crippen LogP contribution in [0, 0.1) is 0 Å². The SMILES string of the molecule is O=C(O)[C@@H]1CSCN1C(=O)C1CCNc2ccccc21. The van der Waals surface area contributed by atoms with Gasteiger partial charge in [0.25, 0.3) is 0 Å². The molecule has 1 aromatic carbocycles. The molecule has 0 saturated carbocycles. The van der Waals surface area contributed by atoms with Crippen LogP contribution in [0.5, 0.6) is 0 Å². The number of aliphatic carboxylic acids is 1. The van der Waals surface area contributed by atoms with E-state index in [1.807, 2.05) is 24.3 Å². The van der Waals surface area contributed by atoms with Gasteiger partial charge in [-0.25, -0.2) is 4.79 Å². The first-order valence-electron chi connectivity index (χ1n) is 6.62. The Morgan fingerprint density at radius 3 is 2.95 bits per heavy atom. The summed E-state index contributed by atoms with van der Waals surface area (Å²) in [6.45, 7) is 0.742. The molecule has 1 fully saturated rings. The van der Waals surface area contributed by atoms with Crippen LogP contribution in [0.3, 0.4) is 0 Å². The number of anilines is 1. The maximum absolute atomic E-state index is 12.7. The summed E-state index contributed by atoms with van der Waals surface area (Å²) in [5.74, 6) is -0.245. The second-order valence-corrected chi connectivity index (χ2v) is 6.02. The Morgan fingerprint density at radius 1 is 1.35 bits per heavy atom. The third-order valence-electron chi connectivity index (χ3n) is 3.83. The van der Waals surface area contributed by atoms with Gasteiger partial charge in [-0.15, -0.1) is 11.8 Å². The zero-order valence-corrected chi connectivity index (χ0v) is 11.7. The molecule has 2 N–H and O–H groups in total. The fourth-order valence-corrected chi connectivity index (χ4v) is 3.94. The van der Waals surface area contributed by atoms with E-state index in [0.717, 1.165) is 17.8 Å². The van der Waals surface area contributed by atoms with E-state index in [9.17, 15) is 14.7 Å². The van der Waals surface area contributed by atoms with Crippen molar-refractivity contribution in [1.82, 2.24) is 4.90 Å². The number of carbonyl (C=O) groups excluding carboxylic acids is 1. The molecule has 2 atom stereocenters. The molecular weight excluding hydrogens is 276 g/mol. The Balaban J connectivity index is 1.87. The number of amides is 1. The maximum atomic E-state index is 12.7. The van der Waals surface area contributed by atoms with Crippen LogP contribution in [0.25, 0.3) is 0 Å². The average Bonchev–Trinajstić information content (AvgIpc) is 2.95. The highest BCUT2D eigenvalue weighted by Crippen LogP contribution is 2.35. The average molecular weight is 292 g/mol. The summed E-state index contributed by atoms with van der Waals surface area (Å²) in [6, 6.07) is 7.07. The van der Waals surface area contributed by atoms with Gasteiger partial charge >= 0.3 is 5.97 Å². The van der Waals surface area contributed by atoms with E-state index in [4.69, 9.17) is 0 Å². The molecule has 1 unspecified atom stereocenters. The minimum atomic E-state index is -0.912. The number of nitrogens with one attached hydrogen (secondary N) is 1. The van der Waals surface area contributed by atoms with Crippen molar-refractivity contribution in [3.05, 3.63) is 29.8 Å². The lowest BCUT2D eigenvalue weighted by Crippen LogP contribution is -2.44. The van der Waals surface area contributed by atoms with Crippen LogP contribution in [0.15, 0.2) is 24.3 Å². The lowest BCUT2D eigenvalue weighted by atomic mass is 9.89. The molecule has 0 aliphatic carbocycles. The van der Waals surface area contributed by atoms with Gasteiger partial charge in [0.05, 0.1) is 11.8 Å². The zero-order valence-electron chi connectivity index (χ0n) is 10.9. The summed E-state index contributed by atoms with van der Waals surface area (Å²) < 4.78 is 0. The summed E-state index contributed by atoms with van der Waals surface area (Å²) in [7, 11) is 0. The van der Waals surface area contributed by atoms with Crippen LogP contribution in [0.4, 0.5) is 5.69 Å². The fourth-order valence-electron chi connectivity index (χ4n) is 2.79. The van der Waals surface area contributed by atoms with E-state index < -0.39 is 12.0 Å². The molecule has 1 amide bonds. The number of hydrogen-bond acceptors (Lipinski definition) is 4. The van der Waals surface area contributed by atoms with Gasteiger partial charge in [-0.05, 0) is 18.1 Å². The molecule has 106 valence electrons. The Bertz CT molecular complexity index is 549. The zero-order chi connectivity index (χ0) is 14.1. The van der Waals surface area contributed by atoms with Crippen LogP contribution in [-0.4, -0.2) is 46.1 Å². The fraction of sp³-hybridized carbons (Fsp3) is 0.429. The third-order valence-corrected chi connectivity index (χ3v) is 4.85. The van der Waals surface area contributed by atoms with Crippen molar-refractivity contribution in [2.45, 2.75) is 18.4 Å². The summed E-state index contributed by atoms with van der Waals surface area (Å²) in [5.41, 5.74) is 1.96. The number of hydrogen-bond donors (Lipinski definition) is 2. The Hall–Kier alpha value is -1.69. The number of rotatable bonds is 2. The predicted molar refractivity (Wildman–Crippen MR) is 77.9 cm³/mol. The van der Waals surface area contributed by atoms with Crippen molar-refractivity contribution in [3.8, 4) is 0 Å². The minimum Gasteiger partial charge on any atom is -0.480 e. The van der Waals surface area contributed by atoms with Crippen LogP contribution in [0.2, 0.25) is 0 Å². The smallest absolute Gasteiger partial charge is 0.327 e. The first kappa shape index (κ1) is 13.3. The second-order valence-electron chi connectivity index (χ2n) is 5.02. The van der Waals surface area contributed by atoms with E-state index >= 15 is 0 Å². The van der Waals surface area contributed by atoms with Gasteiger partial charge in [0.1, 0.15) is 6.04 Å². The van der Waals surface area contributed by atoms with Gasteiger partial charge in [-0.3, -0.25) is 4.79 Å². The van der Waals surface area contributed by atoms with Crippen molar-refractivity contribution < 1.29 is 14.7 Å². The second kappa shape index (κ2) is 5.36. The van der Waals surface area contributed by atoms with Crippen molar-refractivity contribution in [2.24, 2.45) is 0 Å². The van der Waals surface area contributed by atoms with Gasteiger partial charge in [-0.1, -0.05) is 18.2 Å². The number of carboxylic acids is 1. The Morgan fingerprint density at radius 2 is 2.15 bits per heavy atom. The summed E-state index contributed by atoms with van der Waals surface area (Å²) in [5, 5.41) is 12.5. The normalized spacial score (nSPS) is 24.9. The maximum Gasteiger partial charge on any atom is 0.327 e. The van der Waals surface area contributed by atoms with Crippen molar-refractivity contribution in [1.29, 1.82) is 0 Å². The van der Waals surface area contributed by atoms with Gasteiger partial charge in [0.15, 0.2) is 0 Å². The molecule has 3 rings (SSSR count). The molecule has 2 heterocycles. The first-order valence-corrected chi connectivity index (χ1v) is 7.78. The minimum absolute atomic E-state index is 0.0589. The third kappa shape index (κ3) is 2.24. The first-order chi connectivity index (χ1) is 9.68. The lowest BCUT2D eigenvalue weighted by molar-refractivity contribution is -0.148. The lowest BCUT2D eigenvalue weighted by Gasteiger charge is -2.30.